The number of benzene rings is 6. The van der Waals surface area contributed by atoms with E-state index < -0.39 is 0 Å². The summed E-state index contributed by atoms with van der Waals surface area (Å²) in [5.74, 6) is 0. The maximum atomic E-state index is 9.78. The average Bonchev–Trinajstić information content (AvgIpc) is 3.11. The molecule has 0 atom stereocenters. The first-order chi connectivity index (χ1) is 22.1. The van der Waals surface area contributed by atoms with E-state index in [1.54, 1.807) is 30.3 Å². The van der Waals surface area contributed by atoms with Crippen LogP contribution in [0.5, 0.6) is 0 Å². The molecule has 0 amide bonds. The van der Waals surface area contributed by atoms with E-state index >= 15 is 0 Å². The zero-order chi connectivity index (χ0) is 31.3. The van der Waals surface area contributed by atoms with E-state index in [-0.39, 0.29) is 0 Å². The van der Waals surface area contributed by atoms with Gasteiger partial charge in [-0.25, -0.2) is 4.85 Å². The highest BCUT2D eigenvalue weighted by Crippen LogP contribution is 2.41. The molecule has 0 aliphatic heterocycles. The molecule has 0 radical (unpaired) electrons. The van der Waals surface area contributed by atoms with Crippen molar-refractivity contribution < 1.29 is 0 Å². The van der Waals surface area contributed by atoms with Crippen LogP contribution in [0, 0.1) is 51.9 Å². The van der Waals surface area contributed by atoms with Crippen molar-refractivity contribution in [3.8, 4) is 46.5 Å². The zero-order valence-electron chi connectivity index (χ0n) is 23.7. The number of hydrogen-bond donors (Lipinski definition) is 0. The van der Waals surface area contributed by atoms with Crippen LogP contribution in [0.15, 0.2) is 121 Å². The summed E-state index contributed by atoms with van der Waals surface area (Å²) in [6, 6.07) is 46.4. The van der Waals surface area contributed by atoms with Crippen molar-refractivity contribution in [1.29, 1.82) is 21.0 Å². The molecule has 0 fully saturated rings. The minimum Gasteiger partial charge on any atom is -0.310 e. The van der Waals surface area contributed by atoms with E-state index in [2.05, 4.69) is 34.0 Å². The van der Waals surface area contributed by atoms with E-state index in [1.165, 1.54) is 0 Å². The van der Waals surface area contributed by atoms with Crippen LogP contribution >= 0.6 is 0 Å². The molecule has 6 heteroatoms. The summed E-state index contributed by atoms with van der Waals surface area (Å²) < 4.78 is 0. The van der Waals surface area contributed by atoms with Crippen LogP contribution in [0.2, 0.25) is 0 Å². The van der Waals surface area contributed by atoms with Crippen LogP contribution in [0.1, 0.15) is 22.3 Å². The Morgan fingerprint density at radius 2 is 1.07 bits per heavy atom. The molecule has 0 saturated carbocycles. The molecule has 0 saturated heterocycles. The van der Waals surface area contributed by atoms with Crippen molar-refractivity contribution in [2.75, 3.05) is 4.90 Å². The lowest BCUT2D eigenvalue weighted by atomic mass is 9.98. The van der Waals surface area contributed by atoms with Gasteiger partial charge in [-0.2, -0.15) is 21.0 Å². The third-order valence-corrected chi connectivity index (χ3v) is 7.62. The number of nitrogens with zero attached hydrogens (tertiary/aromatic N) is 6. The maximum absolute atomic E-state index is 9.78. The molecule has 6 aromatic carbocycles. The molecule has 0 aliphatic rings. The molecular weight excluding hydrogens is 552 g/mol. The van der Waals surface area contributed by atoms with Gasteiger partial charge in [0.1, 0.15) is 12.1 Å². The normalized spacial score (nSPS) is 10.1. The van der Waals surface area contributed by atoms with Gasteiger partial charge in [-0.1, -0.05) is 54.6 Å². The largest absolute Gasteiger partial charge is 0.310 e. The van der Waals surface area contributed by atoms with Gasteiger partial charge in [-0.05, 0) is 89.0 Å². The summed E-state index contributed by atoms with van der Waals surface area (Å²) in [5.41, 5.74) is 8.09. The second-order valence-corrected chi connectivity index (χ2v) is 10.2. The predicted octanol–water partition coefficient (Wildman–Crippen LogP) is 9.68. The Morgan fingerprint density at radius 1 is 0.489 bits per heavy atom. The first kappa shape index (κ1) is 28.0. The average molecular weight is 573 g/mol. The Labute approximate surface area is 260 Å². The topological polar surface area (TPSA) is 103 Å². The lowest BCUT2D eigenvalue weighted by Crippen LogP contribution is -2.10. The van der Waals surface area contributed by atoms with Gasteiger partial charge in [-0.15, -0.1) is 0 Å². The predicted molar refractivity (Wildman–Crippen MR) is 175 cm³/mol. The summed E-state index contributed by atoms with van der Waals surface area (Å²) in [5, 5.41) is 39.8. The van der Waals surface area contributed by atoms with Gasteiger partial charge in [0.2, 0.25) is 0 Å². The highest BCUT2D eigenvalue weighted by Gasteiger charge is 2.17. The van der Waals surface area contributed by atoms with Gasteiger partial charge in [0.25, 0.3) is 0 Å². The monoisotopic (exact) mass is 572 g/mol. The molecule has 0 bridgehead atoms. The van der Waals surface area contributed by atoms with Gasteiger partial charge < -0.3 is 4.90 Å². The molecule has 206 valence electrons. The van der Waals surface area contributed by atoms with Crippen molar-refractivity contribution in [2.24, 2.45) is 0 Å². The molecular formula is C39H20N6. The van der Waals surface area contributed by atoms with Crippen molar-refractivity contribution in [3.63, 3.8) is 0 Å². The van der Waals surface area contributed by atoms with E-state index in [0.29, 0.717) is 27.9 Å². The Morgan fingerprint density at radius 3 is 1.67 bits per heavy atom. The van der Waals surface area contributed by atoms with Crippen molar-refractivity contribution in [1.82, 2.24) is 0 Å². The smallest absolute Gasteiger partial charge is 0.189 e. The third-order valence-electron chi connectivity index (χ3n) is 7.62. The molecule has 0 aliphatic carbocycles. The molecule has 6 nitrogen and oxygen atoms in total. The summed E-state index contributed by atoms with van der Waals surface area (Å²) >= 11 is 0. The van der Waals surface area contributed by atoms with Gasteiger partial charge in [0, 0.05) is 27.7 Å². The number of anilines is 3. The summed E-state index contributed by atoms with van der Waals surface area (Å²) in [6.45, 7) is 7.42. The molecule has 0 spiro atoms. The number of nitriles is 4. The Bertz CT molecular complexity index is 2290. The maximum Gasteiger partial charge on any atom is 0.189 e. The van der Waals surface area contributed by atoms with E-state index in [0.717, 1.165) is 50.1 Å². The zero-order valence-corrected chi connectivity index (χ0v) is 23.7. The van der Waals surface area contributed by atoms with Crippen LogP contribution in [0.3, 0.4) is 0 Å². The summed E-state index contributed by atoms with van der Waals surface area (Å²) in [6.07, 6.45) is 0. The van der Waals surface area contributed by atoms with Crippen LogP contribution in [-0.4, -0.2) is 0 Å². The first-order valence-corrected chi connectivity index (χ1v) is 13.9. The van der Waals surface area contributed by atoms with Crippen LogP contribution in [0.4, 0.5) is 22.7 Å². The van der Waals surface area contributed by atoms with E-state index in [1.807, 2.05) is 91.0 Å². The summed E-state index contributed by atoms with van der Waals surface area (Å²) in [4.78, 5) is 5.64. The third kappa shape index (κ3) is 5.30. The fourth-order valence-electron chi connectivity index (χ4n) is 5.43. The van der Waals surface area contributed by atoms with Crippen molar-refractivity contribution >= 4 is 33.5 Å². The fraction of sp³-hybridized carbons (Fsp3) is 0. The lowest BCUT2D eigenvalue weighted by molar-refractivity contribution is 1.30. The Hall–Kier alpha value is -7.17. The van der Waals surface area contributed by atoms with Crippen LogP contribution in [0.25, 0.3) is 37.9 Å². The second kappa shape index (κ2) is 12.0. The first-order valence-electron chi connectivity index (χ1n) is 13.9. The molecule has 6 aromatic rings. The quantitative estimate of drug-likeness (QED) is 0.191. The summed E-state index contributed by atoms with van der Waals surface area (Å²) in [7, 11) is 0. The van der Waals surface area contributed by atoms with Gasteiger partial charge in [0.05, 0.1) is 41.1 Å². The standard InChI is InChI=1S/C39H20N6/c1-44-34-19-26(22-40)18-32(21-34)28-10-15-36(16-11-28)45(39-17-12-31(24-42)37-4-2-3-5-38(37)39)35-13-8-27(9-14-35)29-6-7-30(23-41)33(20-29)25-43/h2-21H. The Balaban J connectivity index is 1.48. The molecule has 0 heterocycles. The highest BCUT2D eigenvalue weighted by molar-refractivity contribution is 6.01. The van der Waals surface area contributed by atoms with Crippen molar-refractivity contribution in [3.05, 3.63) is 155 Å². The molecule has 0 unspecified atom stereocenters. The minimum atomic E-state index is 0.327. The van der Waals surface area contributed by atoms with Crippen molar-refractivity contribution in [2.45, 2.75) is 0 Å². The van der Waals surface area contributed by atoms with Crippen LogP contribution in [-0.2, 0) is 0 Å². The highest BCUT2D eigenvalue weighted by atomic mass is 15.1. The fourth-order valence-corrected chi connectivity index (χ4v) is 5.43. The van der Waals surface area contributed by atoms with Gasteiger partial charge >= 0.3 is 0 Å². The van der Waals surface area contributed by atoms with Gasteiger partial charge in [-0.3, -0.25) is 0 Å². The number of fused-ring (bicyclic) bond motifs is 1. The minimum absolute atomic E-state index is 0.327. The molecule has 0 aromatic heterocycles. The van der Waals surface area contributed by atoms with E-state index in [9.17, 15) is 21.0 Å². The molecule has 45 heavy (non-hydrogen) atoms. The molecule has 0 N–H and O–H groups in total. The number of hydrogen-bond acceptors (Lipinski definition) is 5. The SMILES string of the molecule is [C-]#[N+]c1cc(C#N)cc(-c2ccc(N(c3ccc(-c4ccc(C#N)c(C#N)c4)cc3)c3ccc(C#N)c4ccccc34)cc2)c1. The van der Waals surface area contributed by atoms with Gasteiger partial charge in [0.15, 0.2) is 5.69 Å². The number of rotatable bonds is 5. The second-order valence-electron chi connectivity index (χ2n) is 10.2. The lowest BCUT2D eigenvalue weighted by Gasteiger charge is -2.27. The Kier molecular flexibility index (Phi) is 7.45. The molecule has 6 rings (SSSR count). The van der Waals surface area contributed by atoms with E-state index in [4.69, 9.17) is 6.57 Å². The van der Waals surface area contributed by atoms with Crippen LogP contribution < -0.4 is 4.90 Å².